The van der Waals surface area contributed by atoms with Gasteiger partial charge in [-0.3, -0.25) is 0 Å². The van der Waals surface area contributed by atoms with Crippen LogP contribution in [0.2, 0.25) is 0 Å². The van der Waals surface area contributed by atoms with E-state index < -0.39 is 0 Å². The Morgan fingerprint density at radius 1 is 1.64 bits per heavy atom. The molecule has 1 aliphatic rings. The van der Waals surface area contributed by atoms with E-state index in [-0.39, 0.29) is 5.60 Å². The molecule has 0 spiro atoms. The summed E-state index contributed by atoms with van der Waals surface area (Å²) in [5.74, 6) is 0. The minimum atomic E-state index is 0.123. The van der Waals surface area contributed by atoms with Gasteiger partial charge in [-0.1, -0.05) is 24.3 Å². The summed E-state index contributed by atoms with van der Waals surface area (Å²) in [6.45, 7) is 9.98. The number of allylic oxidation sites excluding steroid dienone is 2. The summed E-state index contributed by atoms with van der Waals surface area (Å²) in [6.07, 6.45) is 5.49. The maximum absolute atomic E-state index is 5.42. The average molecular weight is 152 g/mol. The number of rotatable bonds is 3. The normalized spacial score (nSPS) is 28.3. The lowest BCUT2D eigenvalue weighted by atomic mass is 10.1. The number of hydrogen-bond donors (Lipinski definition) is 0. The summed E-state index contributed by atoms with van der Waals surface area (Å²) in [5, 5.41) is 0. The maximum Gasteiger partial charge on any atom is 0.0902 e. The zero-order chi connectivity index (χ0) is 8.48. The quantitative estimate of drug-likeness (QED) is 0.447. The predicted octanol–water partition coefficient (Wildman–Crippen LogP) is 2.69. The molecule has 0 aromatic heterocycles. The molecule has 11 heavy (non-hydrogen) atoms. The fraction of sp³-hybridized carbons (Fsp3) is 0.600. The molecule has 1 atom stereocenters. The number of ether oxygens (including phenoxy) is 1. The van der Waals surface area contributed by atoms with Crippen molar-refractivity contribution >= 4 is 0 Å². The highest BCUT2D eigenvalue weighted by atomic mass is 16.6. The monoisotopic (exact) mass is 152 g/mol. The van der Waals surface area contributed by atoms with E-state index in [2.05, 4.69) is 33.4 Å². The molecule has 1 heterocycles. The van der Waals surface area contributed by atoms with Crippen molar-refractivity contribution in [1.29, 1.82) is 0 Å². The van der Waals surface area contributed by atoms with Gasteiger partial charge in [0, 0.05) is 0 Å². The van der Waals surface area contributed by atoms with Gasteiger partial charge in [0.15, 0.2) is 0 Å². The zero-order valence-electron chi connectivity index (χ0n) is 7.55. The largest absolute Gasteiger partial charge is 0.366 e. The van der Waals surface area contributed by atoms with Gasteiger partial charge in [-0.25, -0.2) is 0 Å². The van der Waals surface area contributed by atoms with E-state index in [4.69, 9.17) is 4.74 Å². The Hall–Kier alpha value is -0.560. The van der Waals surface area contributed by atoms with Crippen molar-refractivity contribution in [3.05, 3.63) is 24.3 Å². The molecule has 1 heteroatoms. The van der Waals surface area contributed by atoms with E-state index in [1.807, 2.05) is 6.08 Å². The van der Waals surface area contributed by atoms with Crippen LogP contribution >= 0.6 is 0 Å². The van der Waals surface area contributed by atoms with Gasteiger partial charge in [0.1, 0.15) is 0 Å². The smallest absolute Gasteiger partial charge is 0.0902 e. The highest BCUT2D eigenvalue weighted by molar-refractivity contribution is 5.14. The Morgan fingerprint density at radius 3 is 2.55 bits per heavy atom. The third kappa shape index (κ3) is 2.19. The lowest BCUT2D eigenvalue weighted by Gasteiger charge is -1.92. The molecule has 0 bridgehead atoms. The molecule has 1 rings (SSSR count). The molecule has 0 radical (unpaired) electrons. The standard InChI is InChI=1S/C10H16O/c1-5-8(2)6-7-9-10(3,4)11-9/h5-6,9H,1,7H2,2-4H3/b8-6-. The third-order valence-corrected chi connectivity index (χ3v) is 2.14. The Kier molecular flexibility index (Phi) is 2.19. The van der Waals surface area contributed by atoms with Crippen molar-refractivity contribution in [3.63, 3.8) is 0 Å². The van der Waals surface area contributed by atoms with Crippen LogP contribution in [0.5, 0.6) is 0 Å². The fourth-order valence-electron chi connectivity index (χ4n) is 1.04. The van der Waals surface area contributed by atoms with Gasteiger partial charge < -0.3 is 4.74 Å². The van der Waals surface area contributed by atoms with Crippen molar-refractivity contribution in [1.82, 2.24) is 0 Å². The van der Waals surface area contributed by atoms with Gasteiger partial charge in [-0.15, -0.1) is 0 Å². The molecule has 0 amide bonds. The molecule has 1 nitrogen and oxygen atoms in total. The minimum Gasteiger partial charge on any atom is -0.366 e. The van der Waals surface area contributed by atoms with Crippen molar-refractivity contribution in [2.75, 3.05) is 0 Å². The SMILES string of the molecule is C=C/C(C)=C\CC1OC1(C)C. The highest BCUT2D eigenvalue weighted by Crippen LogP contribution is 2.37. The summed E-state index contributed by atoms with van der Waals surface area (Å²) >= 11 is 0. The summed E-state index contributed by atoms with van der Waals surface area (Å²) < 4.78 is 5.42. The van der Waals surface area contributed by atoms with Crippen LogP contribution in [0.3, 0.4) is 0 Å². The van der Waals surface area contributed by atoms with E-state index in [0.29, 0.717) is 6.10 Å². The Bertz CT molecular complexity index is 189. The molecular weight excluding hydrogens is 136 g/mol. The lowest BCUT2D eigenvalue weighted by molar-refractivity contribution is 0.324. The average Bonchev–Trinajstić information content (AvgIpc) is 2.54. The highest BCUT2D eigenvalue weighted by Gasteiger charge is 2.46. The Balaban J connectivity index is 2.30. The lowest BCUT2D eigenvalue weighted by Crippen LogP contribution is -2.01. The molecule has 0 N–H and O–H groups in total. The van der Waals surface area contributed by atoms with Crippen molar-refractivity contribution in [3.8, 4) is 0 Å². The predicted molar refractivity (Wildman–Crippen MR) is 47.5 cm³/mol. The van der Waals surface area contributed by atoms with E-state index in [1.54, 1.807) is 0 Å². The van der Waals surface area contributed by atoms with Gasteiger partial charge in [0.25, 0.3) is 0 Å². The summed E-state index contributed by atoms with van der Waals surface area (Å²) in [4.78, 5) is 0. The molecule has 62 valence electrons. The molecular formula is C10H16O. The van der Waals surface area contributed by atoms with Crippen molar-refractivity contribution in [2.24, 2.45) is 0 Å². The van der Waals surface area contributed by atoms with Gasteiger partial charge in [0.05, 0.1) is 11.7 Å². The molecule has 1 fully saturated rings. The van der Waals surface area contributed by atoms with Crippen LogP contribution in [-0.4, -0.2) is 11.7 Å². The fourth-order valence-corrected chi connectivity index (χ4v) is 1.04. The maximum atomic E-state index is 5.42. The van der Waals surface area contributed by atoms with Gasteiger partial charge in [-0.2, -0.15) is 0 Å². The van der Waals surface area contributed by atoms with Gasteiger partial charge >= 0.3 is 0 Å². The van der Waals surface area contributed by atoms with E-state index in [0.717, 1.165) is 6.42 Å². The van der Waals surface area contributed by atoms with Crippen molar-refractivity contribution in [2.45, 2.75) is 38.9 Å². The van der Waals surface area contributed by atoms with Crippen LogP contribution < -0.4 is 0 Å². The Morgan fingerprint density at radius 2 is 2.18 bits per heavy atom. The van der Waals surface area contributed by atoms with Gasteiger partial charge in [-0.05, 0) is 27.2 Å². The van der Waals surface area contributed by atoms with E-state index in [1.165, 1.54) is 5.57 Å². The van der Waals surface area contributed by atoms with E-state index in [9.17, 15) is 0 Å². The minimum absolute atomic E-state index is 0.123. The Labute approximate surface area is 68.8 Å². The second-order valence-corrected chi connectivity index (χ2v) is 3.60. The first-order valence-electron chi connectivity index (χ1n) is 4.03. The third-order valence-electron chi connectivity index (χ3n) is 2.14. The second-order valence-electron chi connectivity index (χ2n) is 3.60. The topological polar surface area (TPSA) is 12.5 Å². The summed E-state index contributed by atoms with van der Waals surface area (Å²) in [6, 6.07) is 0. The molecule has 0 aromatic carbocycles. The van der Waals surface area contributed by atoms with Crippen LogP contribution in [0.1, 0.15) is 27.2 Å². The molecule has 1 unspecified atom stereocenters. The van der Waals surface area contributed by atoms with Crippen LogP contribution in [0.15, 0.2) is 24.3 Å². The molecule has 1 saturated heterocycles. The summed E-state index contributed by atoms with van der Waals surface area (Å²) in [7, 11) is 0. The summed E-state index contributed by atoms with van der Waals surface area (Å²) in [5.41, 5.74) is 1.36. The molecule has 0 saturated carbocycles. The van der Waals surface area contributed by atoms with Gasteiger partial charge in [0.2, 0.25) is 0 Å². The number of epoxide rings is 1. The van der Waals surface area contributed by atoms with Crippen LogP contribution in [0.25, 0.3) is 0 Å². The van der Waals surface area contributed by atoms with E-state index >= 15 is 0 Å². The zero-order valence-corrected chi connectivity index (χ0v) is 7.55. The molecule has 1 aliphatic heterocycles. The van der Waals surface area contributed by atoms with Crippen LogP contribution in [-0.2, 0) is 4.74 Å². The van der Waals surface area contributed by atoms with Crippen LogP contribution in [0, 0.1) is 0 Å². The van der Waals surface area contributed by atoms with Crippen LogP contribution in [0.4, 0.5) is 0 Å². The number of hydrogen-bond acceptors (Lipinski definition) is 1. The first kappa shape index (κ1) is 8.54. The molecule has 0 aliphatic carbocycles. The van der Waals surface area contributed by atoms with Crippen molar-refractivity contribution < 1.29 is 4.74 Å². The first-order valence-corrected chi connectivity index (χ1v) is 4.03. The molecule has 0 aromatic rings. The second kappa shape index (κ2) is 2.82. The first-order chi connectivity index (χ1) is 5.06.